The van der Waals surface area contributed by atoms with Gasteiger partial charge in [-0.05, 0) is 30.2 Å². The molecule has 0 N–H and O–H groups in total. The van der Waals surface area contributed by atoms with Crippen LogP contribution < -0.4 is 0 Å². The van der Waals surface area contributed by atoms with Crippen LogP contribution in [0.2, 0.25) is 0 Å². The molecular formula is C10H12S. The molecule has 11 heavy (non-hydrogen) atoms. The molecule has 1 fully saturated rings. The highest BCUT2D eigenvalue weighted by molar-refractivity contribution is 8.00. The fourth-order valence-corrected chi connectivity index (χ4v) is 2.34. The van der Waals surface area contributed by atoms with Gasteiger partial charge < -0.3 is 0 Å². The van der Waals surface area contributed by atoms with Crippen molar-refractivity contribution in [1.82, 2.24) is 0 Å². The molecule has 0 amide bonds. The molecule has 0 spiro atoms. The minimum absolute atomic E-state index is 0.802. The van der Waals surface area contributed by atoms with E-state index in [4.69, 9.17) is 0 Å². The summed E-state index contributed by atoms with van der Waals surface area (Å²) in [6.07, 6.45) is 1.37. The van der Waals surface area contributed by atoms with Gasteiger partial charge in [0.1, 0.15) is 0 Å². The molecule has 1 unspecified atom stereocenters. The van der Waals surface area contributed by atoms with E-state index in [9.17, 15) is 0 Å². The van der Waals surface area contributed by atoms with Crippen LogP contribution in [0.4, 0.5) is 0 Å². The molecule has 0 aromatic heterocycles. The van der Waals surface area contributed by atoms with Gasteiger partial charge in [-0.25, -0.2) is 0 Å². The minimum atomic E-state index is 0.802. The molecule has 1 aromatic rings. The van der Waals surface area contributed by atoms with E-state index in [1.807, 2.05) is 0 Å². The first kappa shape index (κ1) is 7.23. The Hall–Kier alpha value is -0.430. The summed E-state index contributed by atoms with van der Waals surface area (Å²) in [4.78, 5) is 0. The number of rotatable bonds is 1. The van der Waals surface area contributed by atoms with Gasteiger partial charge in [-0.15, -0.1) is 0 Å². The molecule has 0 bridgehead atoms. The number of benzene rings is 1. The summed E-state index contributed by atoms with van der Waals surface area (Å²) in [6.45, 7) is 2.20. The maximum atomic E-state index is 2.26. The summed E-state index contributed by atoms with van der Waals surface area (Å²) in [5.74, 6) is 1.35. The third kappa shape index (κ3) is 1.30. The minimum Gasteiger partial charge on any atom is -0.154 e. The molecule has 0 radical (unpaired) electrons. The highest BCUT2D eigenvalue weighted by atomic mass is 32.2. The Balaban J connectivity index is 2.28. The van der Waals surface area contributed by atoms with Gasteiger partial charge in [0, 0.05) is 5.25 Å². The highest BCUT2D eigenvalue weighted by Gasteiger charge is 2.20. The second kappa shape index (κ2) is 2.90. The molecule has 1 heteroatoms. The van der Waals surface area contributed by atoms with Crippen molar-refractivity contribution in [2.45, 2.75) is 18.6 Å². The molecule has 2 rings (SSSR count). The molecule has 0 nitrogen and oxygen atoms in total. The van der Waals surface area contributed by atoms with Gasteiger partial charge in [0.2, 0.25) is 0 Å². The van der Waals surface area contributed by atoms with E-state index in [0.29, 0.717) is 0 Å². The lowest BCUT2D eigenvalue weighted by molar-refractivity contribution is 0.842. The fourth-order valence-electron chi connectivity index (χ4n) is 1.43. The Labute approximate surface area is 72.0 Å². The molecule has 1 aliphatic rings. The van der Waals surface area contributed by atoms with Gasteiger partial charge in [-0.3, -0.25) is 0 Å². The predicted octanol–water partition coefficient (Wildman–Crippen LogP) is 3.17. The molecule has 0 saturated carbocycles. The molecule has 0 aliphatic carbocycles. The number of thioether (sulfide) groups is 1. The van der Waals surface area contributed by atoms with Gasteiger partial charge in [-0.1, -0.05) is 24.3 Å². The first-order valence-corrected chi connectivity index (χ1v) is 5.10. The lowest BCUT2D eigenvalue weighted by atomic mass is 10.0. The topological polar surface area (TPSA) is 0 Å². The first-order chi connectivity index (χ1) is 5.38. The SMILES string of the molecule is Cc1ccccc1C1CCS1. The first-order valence-electron chi connectivity index (χ1n) is 4.05. The number of hydrogen-bond acceptors (Lipinski definition) is 1. The van der Waals surface area contributed by atoms with Gasteiger partial charge in [0.05, 0.1) is 0 Å². The third-order valence-electron chi connectivity index (χ3n) is 2.23. The summed E-state index contributed by atoms with van der Waals surface area (Å²) >= 11 is 2.07. The fraction of sp³-hybridized carbons (Fsp3) is 0.400. The Morgan fingerprint density at radius 1 is 1.36 bits per heavy atom. The zero-order valence-corrected chi connectivity index (χ0v) is 7.53. The average Bonchev–Trinajstić information content (AvgIpc) is 1.90. The van der Waals surface area contributed by atoms with Gasteiger partial charge in [0.15, 0.2) is 0 Å². The van der Waals surface area contributed by atoms with E-state index in [-0.39, 0.29) is 0 Å². The van der Waals surface area contributed by atoms with E-state index in [1.165, 1.54) is 17.7 Å². The van der Waals surface area contributed by atoms with Crippen LogP contribution in [0.1, 0.15) is 22.8 Å². The van der Waals surface area contributed by atoms with E-state index in [1.54, 1.807) is 5.56 Å². The Kier molecular flexibility index (Phi) is 1.91. The molecule has 1 aromatic carbocycles. The lowest BCUT2D eigenvalue weighted by Gasteiger charge is -2.26. The Bertz CT molecular complexity index is 251. The Morgan fingerprint density at radius 2 is 2.09 bits per heavy atom. The van der Waals surface area contributed by atoms with Gasteiger partial charge in [-0.2, -0.15) is 11.8 Å². The monoisotopic (exact) mass is 164 g/mol. The zero-order valence-electron chi connectivity index (χ0n) is 6.71. The highest BCUT2D eigenvalue weighted by Crippen LogP contribution is 2.43. The molecule has 1 heterocycles. The predicted molar refractivity (Wildman–Crippen MR) is 51.0 cm³/mol. The van der Waals surface area contributed by atoms with E-state index in [2.05, 4.69) is 43.0 Å². The van der Waals surface area contributed by atoms with Crippen molar-refractivity contribution < 1.29 is 0 Å². The summed E-state index contributed by atoms with van der Waals surface area (Å²) < 4.78 is 0. The second-order valence-corrected chi connectivity index (χ2v) is 4.32. The molecular weight excluding hydrogens is 152 g/mol. The van der Waals surface area contributed by atoms with Crippen LogP contribution in [-0.2, 0) is 0 Å². The van der Waals surface area contributed by atoms with Crippen LogP contribution in [0.25, 0.3) is 0 Å². The van der Waals surface area contributed by atoms with E-state index >= 15 is 0 Å². The summed E-state index contributed by atoms with van der Waals surface area (Å²) in [5, 5.41) is 0.802. The van der Waals surface area contributed by atoms with Crippen molar-refractivity contribution in [3.8, 4) is 0 Å². The van der Waals surface area contributed by atoms with Crippen molar-refractivity contribution >= 4 is 11.8 Å². The largest absolute Gasteiger partial charge is 0.154 e. The summed E-state index contributed by atoms with van der Waals surface area (Å²) in [6, 6.07) is 8.71. The van der Waals surface area contributed by atoms with Gasteiger partial charge >= 0.3 is 0 Å². The van der Waals surface area contributed by atoms with Crippen LogP contribution >= 0.6 is 11.8 Å². The van der Waals surface area contributed by atoms with Crippen molar-refractivity contribution in [3.05, 3.63) is 35.4 Å². The van der Waals surface area contributed by atoms with Crippen LogP contribution in [0.15, 0.2) is 24.3 Å². The normalized spacial score (nSPS) is 22.8. The van der Waals surface area contributed by atoms with E-state index in [0.717, 1.165) is 5.25 Å². The smallest absolute Gasteiger partial charge is 0.0307 e. The van der Waals surface area contributed by atoms with Crippen LogP contribution in [0.5, 0.6) is 0 Å². The van der Waals surface area contributed by atoms with Crippen molar-refractivity contribution in [2.24, 2.45) is 0 Å². The Morgan fingerprint density at radius 3 is 2.64 bits per heavy atom. The number of hydrogen-bond donors (Lipinski definition) is 0. The summed E-state index contributed by atoms with van der Waals surface area (Å²) in [5.41, 5.74) is 2.99. The third-order valence-corrected chi connectivity index (χ3v) is 3.60. The van der Waals surface area contributed by atoms with Gasteiger partial charge in [0.25, 0.3) is 0 Å². The molecule has 1 saturated heterocycles. The second-order valence-electron chi connectivity index (χ2n) is 3.00. The maximum absolute atomic E-state index is 2.26. The van der Waals surface area contributed by atoms with Crippen molar-refractivity contribution in [1.29, 1.82) is 0 Å². The van der Waals surface area contributed by atoms with Crippen molar-refractivity contribution in [2.75, 3.05) is 5.75 Å². The molecule has 1 atom stereocenters. The van der Waals surface area contributed by atoms with Crippen LogP contribution in [-0.4, -0.2) is 5.75 Å². The van der Waals surface area contributed by atoms with Crippen molar-refractivity contribution in [3.63, 3.8) is 0 Å². The quantitative estimate of drug-likeness (QED) is 0.614. The molecule has 1 aliphatic heterocycles. The number of aryl methyl sites for hydroxylation is 1. The van der Waals surface area contributed by atoms with Crippen LogP contribution in [0, 0.1) is 6.92 Å². The van der Waals surface area contributed by atoms with E-state index < -0.39 is 0 Å². The van der Waals surface area contributed by atoms with Crippen LogP contribution in [0.3, 0.4) is 0 Å². The zero-order chi connectivity index (χ0) is 7.68. The molecule has 58 valence electrons. The lowest BCUT2D eigenvalue weighted by Crippen LogP contribution is -2.07. The summed E-state index contributed by atoms with van der Waals surface area (Å²) in [7, 11) is 0. The standard InChI is InChI=1S/C10H12S/c1-8-4-2-3-5-9(8)10-6-7-11-10/h2-5,10H,6-7H2,1H3. The average molecular weight is 164 g/mol. The maximum Gasteiger partial charge on any atom is 0.0307 e.